The first-order valence-corrected chi connectivity index (χ1v) is 11.5. The molecule has 0 bridgehead atoms. The van der Waals surface area contributed by atoms with Crippen LogP contribution in [0, 0.1) is 5.41 Å². The maximum absolute atomic E-state index is 13.2. The van der Waals surface area contributed by atoms with Crippen LogP contribution in [-0.4, -0.2) is 26.8 Å². The minimum atomic E-state index is -0.441. The minimum absolute atomic E-state index is 0.0359. The lowest BCUT2D eigenvalue weighted by Crippen LogP contribution is -2.46. The first-order chi connectivity index (χ1) is 13.3. The molecule has 0 atom stereocenters. The van der Waals surface area contributed by atoms with Gasteiger partial charge in [-0.2, -0.15) is 0 Å². The quantitative estimate of drug-likeness (QED) is 0.819. The van der Waals surface area contributed by atoms with Gasteiger partial charge >= 0.3 is 0 Å². The Bertz CT molecular complexity index is 932. The predicted octanol–water partition coefficient (Wildman–Crippen LogP) is 4.57. The van der Waals surface area contributed by atoms with E-state index in [4.69, 9.17) is 4.98 Å². The number of fused-ring (bicyclic) bond motifs is 3. The van der Waals surface area contributed by atoms with Crippen LogP contribution in [0.5, 0.6) is 0 Å². The van der Waals surface area contributed by atoms with Gasteiger partial charge in [0, 0.05) is 16.3 Å². The van der Waals surface area contributed by atoms with Gasteiger partial charge < -0.3 is 9.88 Å². The third kappa shape index (κ3) is 3.76. The zero-order chi connectivity index (χ0) is 19.9. The molecule has 152 valence electrons. The Morgan fingerprint density at radius 1 is 1.14 bits per heavy atom. The topological polar surface area (TPSA) is 66.1 Å². The van der Waals surface area contributed by atoms with Crippen LogP contribution in [-0.2, 0) is 24.2 Å². The molecule has 28 heavy (non-hydrogen) atoms. The van der Waals surface area contributed by atoms with Gasteiger partial charge in [0.15, 0.2) is 0 Å². The Morgan fingerprint density at radius 2 is 1.86 bits per heavy atom. The van der Waals surface area contributed by atoms with E-state index in [0.717, 1.165) is 42.3 Å². The van der Waals surface area contributed by atoms with Crippen molar-refractivity contribution < 1.29 is 4.79 Å². The smallest absolute Gasteiger partial charge is 0.259 e. The van der Waals surface area contributed by atoms with E-state index >= 15 is 0 Å². The SMILES string of the molecule is CC(C)(C)C(=O)N(Cc1nc2sc3c(c2c(=O)[nH]1)CCCC3)C1CCCCC1. The van der Waals surface area contributed by atoms with Crippen molar-refractivity contribution in [2.45, 2.75) is 91.1 Å². The summed E-state index contributed by atoms with van der Waals surface area (Å²) in [4.78, 5) is 38.0. The van der Waals surface area contributed by atoms with Gasteiger partial charge in [-0.15, -0.1) is 11.3 Å². The van der Waals surface area contributed by atoms with Gasteiger partial charge in [0.25, 0.3) is 5.56 Å². The van der Waals surface area contributed by atoms with Crippen LogP contribution >= 0.6 is 11.3 Å². The molecule has 2 aliphatic carbocycles. The Hall–Kier alpha value is -1.69. The molecule has 0 unspecified atom stereocenters. The highest BCUT2D eigenvalue weighted by molar-refractivity contribution is 7.18. The van der Waals surface area contributed by atoms with Crippen LogP contribution < -0.4 is 5.56 Å². The first kappa shape index (κ1) is 19.6. The number of aromatic nitrogens is 2. The molecule has 2 aromatic heterocycles. The summed E-state index contributed by atoms with van der Waals surface area (Å²) in [5.41, 5.74) is 0.733. The normalized spacial score (nSPS) is 18.2. The number of aryl methyl sites for hydroxylation is 2. The number of nitrogens with zero attached hydrogens (tertiary/aromatic N) is 2. The summed E-state index contributed by atoms with van der Waals surface area (Å²) in [7, 11) is 0. The third-order valence-corrected chi connectivity index (χ3v) is 7.30. The maximum Gasteiger partial charge on any atom is 0.259 e. The molecule has 1 N–H and O–H groups in total. The number of carbonyl (C=O) groups is 1. The molecule has 1 fully saturated rings. The van der Waals surface area contributed by atoms with Crippen molar-refractivity contribution in [3.63, 3.8) is 0 Å². The average Bonchev–Trinajstić information content (AvgIpc) is 3.04. The fourth-order valence-electron chi connectivity index (χ4n) is 4.63. The van der Waals surface area contributed by atoms with Crippen molar-refractivity contribution in [1.82, 2.24) is 14.9 Å². The summed E-state index contributed by atoms with van der Waals surface area (Å²) in [6.45, 7) is 6.31. The summed E-state index contributed by atoms with van der Waals surface area (Å²) < 4.78 is 0. The standard InChI is InChI=1S/C22H31N3O2S/c1-22(2,3)21(27)25(14-9-5-4-6-10-14)13-17-23-19(26)18-15-11-7-8-12-16(15)28-20(18)24-17/h14H,4-13H2,1-3H3,(H,23,24,26). The van der Waals surface area contributed by atoms with Crippen LogP contribution in [0.3, 0.4) is 0 Å². The van der Waals surface area contributed by atoms with E-state index in [9.17, 15) is 9.59 Å². The van der Waals surface area contributed by atoms with Gasteiger partial charge in [-0.25, -0.2) is 4.98 Å². The fraction of sp³-hybridized carbons (Fsp3) is 0.682. The number of thiophene rings is 1. The van der Waals surface area contributed by atoms with Crippen LogP contribution in [0.2, 0.25) is 0 Å². The molecule has 4 rings (SSSR count). The molecule has 1 saturated carbocycles. The van der Waals surface area contributed by atoms with E-state index in [2.05, 4.69) is 4.98 Å². The number of rotatable bonds is 3. The van der Waals surface area contributed by atoms with E-state index in [1.807, 2.05) is 25.7 Å². The largest absolute Gasteiger partial charge is 0.332 e. The van der Waals surface area contributed by atoms with Gasteiger partial charge in [-0.1, -0.05) is 40.0 Å². The molecule has 1 amide bonds. The van der Waals surface area contributed by atoms with E-state index < -0.39 is 5.41 Å². The summed E-state index contributed by atoms with van der Waals surface area (Å²) >= 11 is 1.67. The molecule has 0 radical (unpaired) electrons. The fourth-order valence-corrected chi connectivity index (χ4v) is 5.92. The molecule has 0 aliphatic heterocycles. The van der Waals surface area contributed by atoms with E-state index in [1.54, 1.807) is 11.3 Å². The van der Waals surface area contributed by atoms with E-state index in [-0.39, 0.29) is 17.5 Å². The van der Waals surface area contributed by atoms with Crippen molar-refractivity contribution in [3.8, 4) is 0 Å². The highest BCUT2D eigenvalue weighted by Gasteiger charge is 2.33. The molecule has 0 aromatic carbocycles. The third-order valence-electron chi connectivity index (χ3n) is 6.11. The number of carbonyl (C=O) groups excluding carboxylic acids is 1. The Balaban J connectivity index is 1.69. The monoisotopic (exact) mass is 401 g/mol. The molecular formula is C22H31N3O2S. The molecule has 0 saturated heterocycles. The number of H-pyrrole nitrogens is 1. The maximum atomic E-state index is 13.2. The number of hydrogen-bond donors (Lipinski definition) is 1. The second-order valence-electron chi connectivity index (χ2n) is 9.38. The van der Waals surface area contributed by atoms with Gasteiger partial charge in [-0.3, -0.25) is 9.59 Å². The highest BCUT2D eigenvalue weighted by Crippen LogP contribution is 2.34. The van der Waals surface area contributed by atoms with Crippen LogP contribution in [0.1, 0.15) is 82.0 Å². The van der Waals surface area contributed by atoms with Crippen molar-refractivity contribution in [2.24, 2.45) is 5.41 Å². The molecular weight excluding hydrogens is 370 g/mol. The minimum Gasteiger partial charge on any atom is -0.332 e. The molecule has 6 heteroatoms. The van der Waals surface area contributed by atoms with Gasteiger partial charge in [0.1, 0.15) is 10.7 Å². The first-order valence-electron chi connectivity index (χ1n) is 10.7. The summed E-state index contributed by atoms with van der Waals surface area (Å²) in [5, 5.41) is 0.787. The lowest BCUT2D eigenvalue weighted by Gasteiger charge is -2.37. The van der Waals surface area contributed by atoms with Crippen LogP contribution in [0.25, 0.3) is 10.2 Å². The second kappa shape index (κ2) is 7.62. The Kier molecular flexibility index (Phi) is 5.34. The summed E-state index contributed by atoms with van der Waals surface area (Å²) in [6.07, 6.45) is 10.0. The number of amides is 1. The van der Waals surface area contributed by atoms with E-state index in [1.165, 1.54) is 36.1 Å². The van der Waals surface area contributed by atoms with Gasteiger partial charge in [0.2, 0.25) is 5.91 Å². The van der Waals surface area contributed by atoms with Crippen LogP contribution in [0.15, 0.2) is 4.79 Å². The zero-order valence-corrected chi connectivity index (χ0v) is 18.1. The molecule has 2 aromatic rings. The van der Waals surface area contributed by atoms with Crippen LogP contribution in [0.4, 0.5) is 0 Å². The molecule has 2 aliphatic rings. The van der Waals surface area contributed by atoms with Crippen molar-refractivity contribution >= 4 is 27.5 Å². The second-order valence-corrected chi connectivity index (χ2v) is 10.5. The molecule has 5 nitrogen and oxygen atoms in total. The molecule has 0 spiro atoms. The van der Waals surface area contributed by atoms with Crippen molar-refractivity contribution in [1.29, 1.82) is 0 Å². The number of hydrogen-bond acceptors (Lipinski definition) is 4. The average molecular weight is 402 g/mol. The molecule has 2 heterocycles. The number of nitrogens with one attached hydrogen (secondary N) is 1. The zero-order valence-electron chi connectivity index (χ0n) is 17.3. The summed E-state index contributed by atoms with van der Waals surface area (Å²) in [5.74, 6) is 0.770. The summed E-state index contributed by atoms with van der Waals surface area (Å²) in [6, 6.07) is 0.248. The van der Waals surface area contributed by atoms with Gasteiger partial charge in [-0.05, 0) is 44.1 Å². The number of aromatic amines is 1. The van der Waals surface area contributed by atoms with Crippen molar-refractivity contribution in [3.05, 3.63) is 26.6 Å². The predicted molar refractivity (Wildman–Crippen MR) is 114 cm³/mol. The van der Waals surface area contributed by atoms with Gasteiger partial charge in [0.05, 0.1) is 11.9 Å². The van der Waals surface area contributed by atoms with Crippen molar-refractivity contribution in [2.75, 3.05) is 0 Å². The Labute approximate surface area is 170 Å². The highest BCUT2D eigenvalue weighted by atomic mass is 32.1. The lowest BCUT2D eigenvalue weighted by atomic mass is 9.89. The van der Waals surface area contributed by atoms with E-state index in [0.29, 0.717) is 12.4 Å². The Morgan fingerprint density at radius 3 is 2.57 bits per heavy atom. The lowest BCUT2D eigenvalue weighted by molar-refractivity contribution is -0.143.